The number of hydrogen-bond donors (Lipinski definition) is 1. The van der Waals surface area contributed by atoms with E-state index in [2.05, 4.69) is 10.3 Å². The molecule has 0 radical (unpaired) electrons. The van der Waals surface area contributed by atoms with Gasteiger partial charge in [0.05, 0.1) is 22.8 Å². The van der Waals surface area contributed by atoms with Crippen LogP contribution in [0.4, 0.5) is 4.39 Å². The van der Waals surface area contributed by atoms with E-state index >= 15 is 0 Å². The molecule has 0 bridgehead atoms. The lowest BCUT2D eigenvalue weighted by atomic mass is 9.94. The third-order valence-corrected chi connectivity index (χ3v) is 4.65. The van der Waals surface area contributed by atoms with E-state index in [1.807, 2.05) is 26.0 Å². The van der Waals surface area contributed by atoms with E-state index < -0.39 is 16.9 Å². The fourth-order valence-electron chi connectivity index (χ4n) is 3.14. The molecular weight excluding hydrogens is 365 g/mol. The average Bonchev–Trinajstić information content (AvgIpc) is 3.12. The Morgan fingerprint density at radius 1 is 1.21 bits per heavy atom. The molecule has 8 heteroatoms. The van der Waals surface area contributed by atoms with E-state index in [4.69, 9.17) is 9.47 Å². The third-order valence-electron chi connectivity index (χ3n) is 4.65. The van der Waals surface area contributed by atoms with Gasteiger partial charge in [0.2, 0.25) is 12.7 Å². The third kappa shape index (κ3) is 3.28. The number of halogens is 1. The molecule has 1 aliphatic rings. The number of benzene rings is 2. The maximum absolute atomic E-state index is 13.4. The van der Waals surface area contributed by atoms with Gasteiger partial charge in [-0.05, 0) is 49.7 Å². The molecule has 28 heavy (non-hydrogen) atoms. The van der Waals surface area contributed by atoms with Crippen molar-refractivity contribution in [1.29, 1.82) is 0 Å². The second-order valence-corrected chi connectivity index (χ2v) is 7.08. The molecule has 1 aliphatic heterocycles. The van der Waals surface area contributed by atoms with Crippen molar-refractivity contribution in [3.05, 3.63) is 64.5 Å². The Morgan fingerprint density at radius 3 is 2.82 bits per heavy atom. The van der Waals surface area contributed by atoms with Gasteiger partial charge in [-0.2, -0.15) is 0 Å². The Kier molecular flexibility index (Phi) is 4.26. The molecule has 0 saturated heterocycles. The number of carbonyl (C=O) groups excluding carboxylic acids is 1. The summed E-state index contributed by atoms with van der Waals surface area (Å²) in [5, 5.41) is 3.03. The van der Waals surface area contributed by atoms with Crippen LogP contribution in [0.25, 0.3) is 10.9 Å². The molecule has 0 saturated carbocycles. The summed E-state index contributed by atoms with van der Waals surface area (Å²) in [6, 6.07) is 9.24. The highest BCUT2D eigenvalue weighted by Gasteiger charge is 2.26. The zero-order valence-corrected chi connectivity index (χ0v) is 15.4. The van der Waals surface area contributed by atoms with Crippen molar-refractivity contribution in [1.82, 2.24) is 14.9 Å². The zero-order valence-electron chi connectivity index (χ0n) is 15.4. The number of amides is 1. The minimum Gasteiger partial charge on any atom is -0.454 e. The van der Waals surface area contributed by atoms with Gasteiger partial charge in [-0.1, -0.05) is 6.07 Å². The Hall–Kier alpha value is -3.42. The predicted molar refractivity (Wildman–Crippen MR) is 99.7 cm³/mol. The summed E-state index contributed by atoms with van der Waals surface area (Å²) in [4.78, 5) is 29.2. The molecule has 0 aliphatic carbocycles. The number of carbonyl (C=O) groups is 1. The van der Waals surface area contributed by atoms with Crippen LogP contribution in [0.15, 0.2) is 47.5 Å². The number of ether oxygens (including phenoxy) is 2. The first-order valence-electron chi connectivity index (χ1n) is 8.69. The van der Waals surface area contributed by atoms with Crippen LogP contribution >= 0.6 is 0 Å². The number of aromatic nitrogens is 2. The number of fused-ring (bicyclic) bond motifs is 2. The van der Waals surface area contributed by atoms with Crippen LogP contribution in [-0.2, 0) is 16.9 Å². The van der Waals surface area contributed by atoms with Crippen LogP contribution < -0.4 is 20.3 Å². The summed E-state index contributed by atoms with van der Waals surface area (Å²) >= 11 is 0. The van der Waals surface area contributed by atoms with Gasteiger partial charge >= 0.3 is 0 Å². The van der Waals surface area contributed by atoms with Crippen molar-refractivity contribution in [3.63, 3.8) is 0 Å². The monoisotopic (exact) mass is 383 g/mol. The van der Waals surface area contributed by atoms with Gasteiger partial charge < -0.3 is 14.8 Å². The minimum atomic E-state index is -0.710. The van der Waals surface area contributed by atoms with Crippen molar-refractivity contribution in [2.24, 2.45) is 0 Å². The van der Waals surface area contributed by atoms with Gasteiger partial charge in [0.15, 0.2) is 11.5 Å². The van der Waals surface area contributed by atoms with Gasteiger partial charge in [-0.15, -0.1) is 0 Å². The summed E-state index contributed by atoms with van der Waals surface area (Å²) in [5.74, 6) is 0.378. The first-order chi connectivity index (χ1) is 13.3. The fourth-order valence-corrected chi connectivity index (χ4v) is 3.14. The van der Waals surface area contributed by atoms with E-state index in [0.29, 0.717) is 17.0 Å². The van der Waals surface area contributed by atoms with E-state index in [9.17, 15) is 14.0 Å². The number of nitrogens with zero attached hydrogens (tertiary/aromatic N) is 2. The van der Waals surface area contributed by atoms with Gasteiger partial charge in [-0.3, -0.25) is 14.2 Å². The Morgan fingerprint density at radius 2 is 2.00 bits per heavy atom. The lowest BCUT2D eigenvalue weighted by molar-refractivity contribution is -0.123. The van der Waals surface area contributed by atoms with Crippen LogP contribution in [0, 0.1) is 5.82 Å². The molecule has 2 aromatic carbocycles. The largest absolute Gasteiger partial charge is 0.454 e. The maximum Gasteiger partial charge on any atom is 0.261 e. The molecular formula is C20H18FN3O4. The highest BCUT2D eigenvalue weighted by atomic mass is 19.1. The fraction of sp³-hybridized carbons (Fsp3) is 0.250. The Labute approximate surface area is 159 Å². The van der Waals surface area contributed by atoms with Crippen molar-refractivity contribution in [3.8, 4) is 11.5 Å². The molecule has 0 spiro atoms. The van der Waals surface area contributed by atoms with E-state index in [1.165, 1.54) is 18.5 Å². The summed E-state index contributed by atoms with van der Waals surface area (Å²) < 4.78 is 25.3. The summed E-state index contributed by atoms with van der Waals surface area (Å²) in [6.07, 6.45) is 1.29. The highest BCUT2D eigenvalue weighted by Crippen LogP contribution is 2.35. The van der Waals surface area contributed by atoms with Crippen LogP contribution in [0.3, 0.4) is 0 Å². The molecule has 1 aromatic heterocycles. The van der Waals surface area contributed by atoms with Crippen molar-refractivity contribution >= 4 is 16.8 Å². The summed E-state index contributed by atoms with van der Waals surface area (Å²) in [5.41, 5.74) is 0.0263. The molecule has 0 atom stereocenters. The quantitative estimate of drug-likeness (QED) is 0.748. The highest BCUT2D eigenvalue weighted by molar-refractivity contribution is 5.79. The van der Waals surface area contributed by atoms with E-state index in [1.54, 1.807) is 6.07 Å². The van der Waals surface area contributed by atoms with Gasteiger partial charge in [0, 0.05) is 0 Å². The Balaban J connectivity index is 1.55. The maximum atomic E-state index is 13.4. The molecule has 7 nitrogen and oxygen atoms in total. The minimum absolute atomic E-state index is 0.130. The SMILES string of the molecule is CC(C)(NC(=O)Cn1cnc2ccc(F)cc2c1=O)c1ccc2c(c1)OCO2. The van der Waals surface area contributed by atoms with Gasteiger partial charge in [0.25, 0.3) is 5.56 Å². The molecule has 0 fully saturated rings. The van der Waals surface area contributed by atoms with Crippen molar-refractivity contribution < 1.29 is 18.7 Å². The zero-order chi connectivity index (χ0) is 19.9. The number of hydrogen-bond acceptors (Lipinski definition) is 5. The molecule has 1 N–H and O–H groups in total. The van der Waals surface area contributed by atoms with Crippen LogP contribution in [0.2, 0.25) is 0 Å². The first-order valence-corrected chi connectivity index (χ1v) is 8.69. The second kappa shape index (κ2) is 6.63. The first kappa shape index (κ1) is 18.0. The van der Waals surface area contributed by atoms with Gasteiger partial charge in [0.1, 0.15) is 12.4 Å². The standard InChI is InChI=1S/C20H18FN3O4/c1-20(2,12-3-6-16-17(7-12)28-11-27-16)23-18(25)9-24-10-22-15-5-4-13(21)8-14(15)19(24)26/h3-8,10H,9,11H2,1-2H3,(H,23,25). The van der Waals surface area contributed by atoms with E-state index in [0.717, 1.165) is 16.2 Å². The van der Waals surface area contributed by atoms with Crippen molar-refractivity contribution in [2.45, 2.75) is 25.9 Å². The number of nitrogens with one attached hydrogen (secondary N) is 1. The Bertz CT molecular complexity index is 1140. The second-order valence-electron chi connectivity index (χ2n) is 7.08. The van der Waals surface area contributed by atoms with Crippen LogP contribution in [0.5, 0.6) is 11.5 Å². The van der Waals surface area contributed by atoms with E-state index in [-0.39, 0.29) is 24.6 Å². The molecule has 144 valence electrons. The molecule has 1 amide bonds. The lowest BCUT2D eigenvalue weighted by Gasteiger charge is -2.27. The van der Waals surface area contributed by atoms with Crippen molar-refractivity contribution in [2.75, 3.05) is 6.79 Å². The topological polar surface area (TPSA) is 82.5 Å². The normalized spacial score (nSPS) is 13.0. The summed E-state index contributed by atoms with van der Waals surface area (Å²) in [7, 11) is 0. The van der Waals surface area contributed by atoms with Gasteiger partial charge in [-0.25, -0.2) is 9.37 Å². The average molecular weight is 383 g/mol. The molecule has 3 aromatic rings. The molecule has 0 unspecified atom stereocenters. The lowest BCUT2D eigenvalue weighted by Crippen LogP contribution is -2.43. The van der Waals surface area contributed by atoms with Crippen LogP contribution in [-0.4, -0.2) is 22.3 Å². The summed E-state index contributed by atoms with van der Waals surface area (Å²) in [6.45, 7) is 3.63. The molecule has 2 heterocycles. The predicted octanol–water partition coefficient (Wildman–Crippen LogP) is 2.32. The smallest absolute Gasteiger partial charge is 0.261 e. The molecule has 4 rings (SSSR count). The van der Waals surface area contributed by atoms with Crippen LogP contribution in [0.1, 0.15) is 19.4 Å². The number of rotatable bonds is 4.